The van der Waals surface area contributed by atoms with Crippen LogP contribution < -0.4 is 4.74 Å². The van der Waals surface area contributed by atoms with Crippen LogP contribution in [0.25, 0.3) is 0 Å². The van der Waals surface area contributed by atoms with Crippen LogP contribution in [0.1, 0.15) is 28.4 Å². The maximum absolute atomic E-state index is 12.0. The van der Waals surface area contributed by atoms with Gasteiger partial charge in [-0.25, -0.2) is 0 Å². The van der Waals surface area contributed by atoms with Crippen molar-refractivity contribution in [3.8, 4) is 5.75 Å². The van der Waals surface area contributed by atoms with E-state index in [-0.39, 0.29) is 5.78 Å². The largest absolute Gasteiger partial charge is 0.496 e. The third kappa shape index (κ3) is 1.59. The van der Waals surface area contributed by atoms with Crippen LogP contribution in [-0.4, -0.2) is 17.2 Å². The fraction of sp³-hybridized carbons (Fsp3) is 0.417. The van der Waals surface area contributed by atoms with E-state index >= 15 is 0 Å². The standard InChI is InChI=1S/C12H13BrO2/c1-7-4-9-8(5-10(7)15-3)6-12(2,13)11(9)14/h4-5H,6H2,1-3H3. The summed E-state index contributed by atoms with van der Waals surface area (Å²) in [5.74, 6) is 1.02. The highest BCUT2D eigenvalue weighted by atomic mass is 79.9. The van der Waals surface area contributed by atoms with Crippen molar-refractivity contribution in [3.05, 3.63) is 28.8 Å². The Morgan fingerprint density at radius 3 is 2.73 bits per heavy atom. The SMILES string of the molecule is COc1cc2c(cc1C)C(=O)C(C)(Br)C2. The molecule has 0 bridgehead atoms. The summed E-state index contributed by atoms with van der Waals surface area (Å²) in [6, 6.07) is 3.89. The first-order chi connectivity index (χ1) is 6.95. The Hall–Kier alpha value is -0.830. The summed E-state index contributed by atoms with van der Waals surface area (Å²) in [7, 11) is 1.65. The Balaban J connectivity index is 2.57. The molecular formula is C12H13BrO2. The molecule has 1 aromatic carbocycles. The summed E-state index contributed by atoms with van der Waals surface area (Å²) in [5, 5.41) is 0. The number of ether oxygens (including phenoxy) is 1. The molecule has 80 valence electrons. The minimum atomic E-state index is -0.436. The minimum absolute atomic E-state index is 0.170. The molecule has 0 fully saturated rings. The van der Waals surface area contributed by atoms with Gasteiger partial charge in [0.25, 0.3) is 0 Å². The maximum atomic E-state index is 12.0. The quantitative estimate of drug-likeness (QED) is 0.733. The lowest BCUT2D eigenvalue weighted by Crippen LogP contribution is -2.23. The van der Waals surface area contributed by atoms with Gasteiger partial charge in [0, 0.05) is 5.56 Å². The molecule has 0 aromatic heterocycles. The second-order valence-electron chi connectivity index (χ2n) is 4.18. The predicted octanol–water partition coefficient (Wildman–Crippen LogP) is 2.90. The molecule has 1 atom stereocenters. The van der Waals surface area contributed by atoms with Gasteiger partial charge in [-0.05, 0) is 43.5 Å². The number of hydrogen-bond donors (Lipinski definition) is 0. The van der Waals surface area contributed by atoms with Crippen LogP contribution in [0, 0.1) is 6.92 Å². The Bertz CT molecular complexity index is 435. The highest BCUT2D eigenvalue weighted by molar-refractivity contribution is 9.10. The zero-order valence-electron chi connectivity index (χ0n) is 9.06. The van der Waals surface area contributed by atoms with Crippen molar-refractivity contribution in [2.75, 3.05) is 7.11 Å². The van der Waals surface area contributed by atoms with Crippen molar-refractivity contribution in [3.63, 3.8) is 0 Å². The fourth-order valence-corrected chi connectivity index (χ4v) is 2.54. The zero-order valence-corrected chi connectivity index (χ0v) is 10.6. The lowest BCUT2D eigenvalue weighted by Gasteiger charge is -2.10. The van der Waals surface area contributed by atoms with E-state index in [0.29, 0.717) is 0 Å². The fourth-order valence-electron chi connectivity index (χ4n) is 2.03. The van der Waals surface area contributed by atoms with E-state index in [9.17, 15) is 4.79 Å². The van der Waals surface area contributed by atoms with Crippen molar-refractivity contribution in [2.24, 2.45) is 0 Å². The summed E-state index contributed by atoms with van der Waals surface area (Å²) in [5.41, 5.74) is 2.91. The molecule has 1 aliphatic rings. The second-order valence-corrected chi connectivity index (χ2v) is 5.93. The average molecular weight is 269 g/mol. The van der Waals surface area contributed by atoms with Crippen LogP contribution >= 0.6 is 15.9 Å². The van der Waals surface area contributed by atoms with Gasteiger partial charge in [0.15, 0.2) is 5.78 Å². The zero-order chi connectivity index (χ0) is 11.2. The smallest absolute Gasteiger partial charge is 0.179 e. The molecule has 1 aliphatic carbocycles. The van der Waals surface area contributed by atoms with Crippen LogP contribution in [0.4, 0.5) is 0 Å². The van der Waals surface area contributed by atoms with E-state index in [1.54, 1.807) is 7.11 Å². The molecule has 3 heteroatoms. The van der Waals surface area contributed by atoms with Crippen LogP contribution in [-0.2, 0) is 6.42 Å². The maximum Gasteiger partial charge on any atom is 0.179 e. The molecule has 0 amide bonds. The molecule has 0 aliphatic heterocycles. The number of carbonyl (C=O) groups excluding carboxylic acids is 1. The molecule has 1 unspecified atom stereocenters. The molecule has 0 N–H and O–H groups in total. The van der Waals surface area contributed by atoms with Crippen molar-refractivity contribution < 1.29 is 9.53 Å². The molecular weight excluding hydrogens is 256 g/mol. The molecule has 0 saturated carbocycles. The average Bonchev–Trinajstić information content (AvgIpc) is 2.38. The lowest BCUT2D eigenvalue weighted by atomic mass is 10.1. The number of carbonyl (C=O) groups is 1. The summed E-state index contributed by atoms with van der Waals surface area (Å²) in [6.45, 7) is 3.87. The number of methoxy groups -OCH3 is 1. The summed E-state index contributed by atoms with van der Waals surface area (Å²) >= 11 is 3.47. The monoisotopic (exact) mass is 268 g/mol. The Labute approximate surface area is 97.8 Å². The minimum Gasteiger partial charge on any atom is -0.496 e. The third-order valence-electron chi connectivity index (χ3n) is 2.86. The van der Waals surface area contributed by atoms with Crippen LogP contribution in [0.5, 0.6) is 5.75 Å². The van der Waals surface area contributed by atoms with Gasteiger partial charge in [-0.2, -0.15) is 0 Å². The molecule has 0 saturated heterocycles. The van der Waals surface area contributed by atoms with E-state index < -0.39 is 4.32 Å². The van der Waals surface area contributed by atoms with Crippen molar-refractivity contribution in [1.82, 2.24) is 0 Å². The number of halogens is 1. The summed E-state index contributed by atoms with van der Waals surface area (Å²) in [6.07, 6.45) is 0.734. The van der Waals surface area contributed by atoms with Gasteiger partial charge in [0.2, 0.25) is 0 Å². The van der Waals surface area contributed by atoms with Crippen molar-refractivity contribution in [2.45, 2.75) is 24.6 Å². The van der Waals surface area contributed by atoms with E-state index in [1.807, 2.05) is 26.0 Å². The third-order valence-corrected chi connectivity index (χ3v) is 3.50. The number of ketones is 1. The van der Waals surface area contributed by atoms with E-state index in [1.165, 1.54) is 0 Å². The van der Waals surface area contributed by atoms with E-state index in [0.717, 1.165) is 28.9 Å². The highest BCUT2D eigenvalue weighted by Crippen LogP contribution is 2.38. The number of hydrogen-bond acceptors (Lipinski definition) is 2. The predicted molar refractivity (Wildman–Crippen MR) is 63.1 cm³/mol. The molecule has 0 heterocycles. The number of rotatable bonds is 1. The van der Waals surface area contributed by atoms with Gasteiger partial charge >= 0.3 is 0 Å². The molecule has 0 spiro atoms. The van der Waals surface area contributed by atoms with Gasteiger partial charge in [-0.1, -0.05) is 15.9 Å². The number of Topliss-reactive ketones (excluding diaryl/α,β-unsaturated/α-hetero) is 1. The molecule has 2 rings (SSSR count). The first-order valence-electron chi connectivity index (χ1n) is 4.87. The van der Waals surface area contributed by atoms with E-state index in [4.69, 9.17) is 4.74 Å². The van der Waals surface area contributed by atoms with Crippen molar-refractivity contribution in [1.29, 1.82) is 0 Å². The molecule has 2 nitrogen and oxygen atoms in total. The summed E-state index contributed by atoms with van der Waals surface area (Å²) in [4.78, 5) is 12.0. The second kappa shape index (κ2) is 3.34. The Morgan fingerprint density at radius 1 is 1.47 bits per heavy atom. The van der Waals surface area contributed by atoms with Crippen molar-refractivity contribution >= 4 is 21.7 Å². The number of fused-ring (bicyclic) bond motifs is 1. The molecule has 0 radical (unpaired) electrons. The van der Waals surface area contributed by atoms with Gasteiger partial charge in [0.05, 0.1) is 11.4 Å². The normalized spacial score (nSPS) is 24.1. The summed E-state index contributed by atoms with van der Waals surface area (Å²) < 4.78 is 4.81. The first kappa shape index (κ1) is 10.7. The van der Waals surface area contributed by atoms with Gasteiger partial charge in [-0.15, -0.1) is 0 Å². The van der Waals surface area contributed by atoms with E-state index in [2.05, 4.69) is 15.9 Å². The van der Waals surface area contributed by atoms with Crippen LogP contribution in [0.2, 0.25) is 0 Å². The number of benzene rings is 1. The van der Waals surface area contributed by atoms with Gasteiger partial charge < -0.3 is 4.74 Å². The van der Waals surface area contributed by atoms with Crippen LogP contribution in [0.15, 0.2) is 12.1 Å². The molecule has 15 heavy (non-hydrogen) atoms. The number of alkyl halides is 1. The highest BCUT2D eigenvalue weighted by Gasteiger charge is 2.39. The van der Waals surface area contributed by atoms with Crippen LogP contribution in [0.3, 0.4) is 0 Å². The Morgan fingerprint density at radius 2 is 2.13 bits per heavy atom. The molecule has 1 aromatic rings. The Kier molecular flexibility index (Phi) is 2.38. The first-order valence-corrected chi connectivity index (χ1v) is 5.66. The van der Waals surface area contributed by atoms with Gasteiger partial charge in [0.1, 0.15) is 5.75 Å². The van der Waals surface area contributed by atoms with Gasteiger partial charge in [-0.3, -0.25) is 4.79 Å². The topological polar surface area (TPSA) is 26.3 Å². The number of aryl methyl sites for hydroxylation is 1. The lowest BCUT2D eigenvalue weighted by molar-refractivity contribution is 0.0968.